The van der Waals surface area contributed by atoms with Gasteiger partial charge in [-0.2, -0.15) is 0 Å². The molecule has 9 nitrogen and oxygen atoms in total. The van der Waals surface area contributed by atoms with Gasteiger partial charge in [-0.05, 0) is 54.9 Å². The smallest absolute Gasteiger partial charge is 0.323 e. The van der Waals surface area contributed by atoms with Crippen molar-refractivity contribution in [3.8, 4) is 5.69 Å². The van der Waals surface area contributed by atoms with E-state index in [1.807, 2.05) is 36.0 Å². The highest BCUT2D eigenvalue weighted by Gasteiger charge is 2.48. The second-order valence-electron chi connectivity index (χ2n) is 8.93. The molecule has 2 aliphatic rings. The van der Waals surface area contributed by atoms with Crippen LogP contribution in [-0.2, 0) is 12.5 Å². The Kier molecular flexibility index (Phi) is 3.71. The molecule has 6 rings (SSSR count). The second-order valence-corrected chi connectivity index (χ2v) is 8.93. The van der Waals surface area contributed by atoms with E-state index in [0.29, 0.717) is 17.0 Å². The van der Waals surface area contributed by atoms with E-state index in [2.05, 4.69) is 26.2 Å². The molecule has 0 bridgehead atoms. The molecule has 0 radical (unpaired) electrons. The van der Waals surface area contributed by atoms with Crippen molar-refractivity contribution in [3.05, 3.63) is 74.6 Å². The highest BCUT2D eigenvalue weighted by Crippen LogP contribution is 2.48. The third-order valence-corrected chi connectivity index (χ3v) is 6.77. The van der Waals surface area contributed by atoms with Crippen molar-refractivity contribution in [3.63, 3.8) is 0 Å². The Hall–Kier alpha value is -3.46. The Morgan fingerprint density at radius 2 is 1.94 bits per heavy atom. The zero-order chi connectivity index (χ0) is 21.3. The van der Waals surface area contributed by atoms with Gasteiger partial charge in [0.1, 0.15) is 17.7 Å². The SMILES string of the molecule is Cn1cnnc1C1(c2cccc(-n3cc(C4CC4)c4[nH]c(=O)[nH]c4c3=O)c2)CC(N)C1. The molecule has 158 valence electrons. The average Bonchev–Trinajstić information content (AvgIpc) is 3.36. The van der Waals surface area contributed by atoms with E-state index in [0.717, 1.165) is 48.3 Å². The van der Waals surface area contributed by atoms with Crippen LogP contribution in [0.15, 0.2) is 46.4 Å². The van der Waals surface area contributed by atoms with Crippen LogP contribution in [0.25, 0.3) is 16.7 Å². The number of nitrogens with zero attached hydrogens (tertiary/aromatic N) is 4. The van der Waals surface area contributed by atoms with Crippen LogP contribution in [0.5, 0.6) is 0 Å². The van der Waals surface area contributed by atoms with E-state index < -0.39 is 0 Å². The summed E-state index contributed by atoms with van der Waals surface area (Å²) in [5.74, 6) is 1.25. The first kappa shape index (κ1) is 18.3. The van der Waals surface area contributed by atoms with E-state index in [9.17, 15) is 9.59 Å². The molecule has 9 heteroatoms. The molecule has 2 aliphatic carbocycles. The summed E-state index contributed by atoms with van der Waals surface area (Å²) in [6.45, 7) is 0. The Labute approximate surface area is 176 Å². The van der Waals surface area contributed by atoms with Gasteiger partial charge in [0, 0.05) is 25.0 Å². The molecule has 1 aromatic carbocycles. The van der Waals surface area contributed by atoms with Crippen LogP contribution in [0, 0.1) is 0 Å². The number of pyridine rings is 1. The molecule has 0 saturated heterocycles. The van der Waals surface area contributed by atoms with E-state index >= 15 is 0 Å². The summed E-state index contributed by atoms with van der Waals surface area (Å²) in [5, 5.41) is 8.44. The number of aromatic amines is 2. The number of fused-ring (bicyclic) bond motifs is 1. The third-order valence-electron chi connectivity index (χ3n) is 6.77. The summed E-state index contributed by atoms with van der Waals surface area (Å²) in [5.41, 5.74) is 9.06. The Balaban J connectivity index is 1.54. The van der Waals surface area contributed by atoms with Gasteiger partial charge in [-0.1, -0.05) is 12.1 Å². The van der Waals surface area contributed by atoms with E-state index in [4.69, 9.17) is 5.73 Å². The van der Waals surface area contributed by atoms with Crippen molar-refractivity contribution < 1.29 is 0 Å². The molecule has 4 N–H and O–H groups in total. The van der Waals surface area contributed by atoms with Gasteiger partial charge in [-0.3, -0.25) is 9.36 Å². The molecular formula is C22H23N7O2. The zero-order valence-corrected chi connectivity index (χ0v) is 17.1. The van der Waals surface area contributed by atoms with Gasteiger partial charge >= 0.3 is 5.69 Å². The van der Waals surface area contributed by atoms with Crippen LogP contribution < -0.4 is 17.0 Å². The number of nitrogens with one attached hydrogen (secondary N) is 2. The first-order valence-corrected chi connectivity index (χ1v) is 10.5. The molecule has 31 heavy (non-hydrogen) atoms. The fourth-order valence-corrected chi connectivity index (χ4v) is 5.09. The number of rotatable bonds is 4. The molecule has 3 aromatic heterocycles. The van der Waals surface area contributed by atoms with Crippen LogP contribution in [0.1, 0.15) is 48.6 Å². The maximum absolute atomic E-state index is 13.2. The fraction of sp³-hybridized carbons (Fsp3) is 0.364. The number of aryl methyl sites for hydroxylation is 1. The summed E-state index contributed by atoms with van der Waals surface area (Å²) in [7, 11) is 1.94. The maximum atomic E-state index is 13.2. The lowest BCUT2D eigenvalue weighted by atomic mass is 9.61. The third kappa shape index (κ3) is 2.66. The Morgan fingerprint density at radius 3 is 2.61 bits per heavy atom. The highest BCUT2D eigenvalue weighted by atomic mass is 16.1. The highest BCUT2D eigenvalue weighted by molar-refractivity contribution is 5.78. The predicted molar refractivity (Wildman–Crippen MR) is 115 cm³/mol. The van der Waals surface area contributed by atoms with Gasteiger partial charge in [0.15, 0.2) is 0 Å². The van der Waals surface area contributed by atoms with Crippen molar-refractivity contribution in [1.82, 2.24) is 29.3 Å². The van der Waals surface area contributed by atoms with E-state index in [1.54, 1.807) is 10.9 Å². The molecule has 2 fully saturated rings. The van der Waals surface area contributed by atoms with Gasteiger partial charge in [-0.15, -0.1) is 10.2 Å². The average molecular weight is 417 g/mol. The van der Waals surface area contributed by atoms with Gasteiger partial charge in [0.05, 0.1) is 10.9 Å². The Bertz CT molecular complexity index is 1430. The van der Waals surface area contributed by atoms with Crippen LogP contribution >= 0.6 is 0 Å². The van der Waals surface area contributed by atoms with Gasteiger partial charge in [0.25, 0.3) is 5.56 Å². The topological polar surface area (TPSA) is 127 Å². The maximum Gasteiger partial charge on any atom is 0.323 e. The minimum atomic E-state index is -0.356. The van der Waals surface area contributed by atoms with E-state index in [1.165, 1.54) is 0 Å². The molecule has 0 aliphatic heterocycles. The van der Waals surface area contributed by atoms with Crippen LogP contribution in [-0.4, -0.2) is 35.3 Å². The van der Waals surface area contributed by atoms with Gasteiger partial charge < -0.3 is 20.3 Å². The van der Waals surface area contributed by atoms with Crippen LogP contribution in [0.3, 0.4) is 0 Å². The standard InChI is InChI=1S/C22H23N7O2/c1-28-11-24-27-20(28)22(8-14(23)9-22)13-3-2-4-15(7-13)29-10-16(12-5-6-12)17-18(19(29)30)26-21(31)25-17/h2-4,7,10-12,14H,5-6,8-9,23H2,1H3,(H2,25,26,31). The van der Waals surface area contributed by atoms with E-state index in [-0.39, 0.29) is 22.7 Å². The number of benzene rings is 1. The molecule has 0 spiro atoms. The molecule has 0 atom stereocenters. The van der Waals surface area contributed by atoms with Crippen molar-refractivity contribution >= 4 is 11.0 Å². The summed E-state index contributed by atoms with van der Waals surface area (Å²) < 4.78 is 3.58. The second kappa shape index (κ2) is 6.27. The number of imidazole rings is 1. The minimum absolute atomic E-state index is 0.103. The number of nitrogens with two attached hydrogens (primary N) is 1. The molecule has 3 heterocycles. The number of hydrogen-bond acceptors (Lipinski definition) is 5. The molecule has 2 saturated carbocycles. The zero-order valence-electron chi connectivity index (χ0n) is 17.1. The largest absolute Gasteiger partial charge is 0.328 e. The number of hydrogen-bond donors (Lipinski definition) is 3. The summed E-state index contributed by atoms with van der Waals surface area (Å²) in [6.07, 6.45) is 7.26. The van der Waals surface area contributed by atoms with Crippen LogP contribution in [0.4, 0.5) is 0 Å². The predicted octanol–water partition coefficient (Wildman–Crippen LogP) is 1.42. The van der Waals surface area contributed by atoms with Gasteiger partial charge in [-0.25, -0.2) is 4.79 Å². The van der Waals surface area contributed by atoms with Gasteiger partial charge in [0.2, 0.25) is 0 Å². The first-order valence-electron chi connectivity index (χ1n) is 10.5. The summed E-state index contributed by atoms with van der Waals surface area (Å²) in [6, 6.07) is 8.08. The molecule has 0 amide bonds. The lowest BCUT2D eigenvalue weighted by Crippen LogP contribution is -2.51. The summed E-state index contributed by atoms with van der Waals surface area (Å²) >= 11 is 0. The monoisotopic (exact) mass is 417 g/mol. The van der Waals surface area contributed by atoms with Crippen LogP contribution in [0.2, 0.25) is 0 Å². The van der Waals surface area contributed by atoms with Crippen molar-refractivity contribution in [2.75, 3.05) is 0 Å². The normalized spacial score (nSPS) is 23.2. The van der Waals surface area contributed by atoms with Crippen molar-refractivity contribution in [2.45, 2.75) is 43.1 Å². The summed E-state index contributed by atoms with van der Waals surface area (Å²) in [4.78, 5) is 30.6. The number of aromatic nitrogens is 6. The quantitative estimate of drug-likeness (QED) is 0.463. The fourth-order valence-electron chi connectivity index (χ4n) is 5.09. The van der Waals surface area contributed by atoms with Crippen molar-refractivity contribution in [2.24, 2.45) is 12.8 Å². The Morgan fingerprint density at radius 1 is 1.16 bits per heavy atom. The molecule has 4 aromatic rings. The lowest BCUT2D eigenvalue weighted by molar-refractivity contribution is 0.234. The van der Waals surface area contributed by atoms with Crippen molar-refractivity contribution in [1.29, 1.82) is 0 Å². The molecule has 0 unspecified atom stereocenters. The number of H-pyrrole nitrogens is 2. The first-order chi connectivity index (χ1) is 15.0. The minimum Gasteiger partial charge on any atom is -0.328 e. The molecular weight excluding hydrogens is 394 g/mol. The lowest BCUT2D eigenvalue weighted by Gasteiger charge is -2.45.